The van der Waals surface area contributed by atoms with Crippen LogP contribution in [0.3, 0.4) is 0 Å². The van der Waals surface area contributed by atoms with Gasteiger partial charge < -0.3 is 15.2 Å². The molecule has 0 aliphatic rings. The van der Waals surface area contributed by atoms with Crippen molar-refractivity contribution in [1.29, 1.82) is 0 Å². The van der Waals surface area contributed by atoms with Crippen molar-refractivity contribution in [3.8, 4) is 5.75 Å². The third-order valence-electron chi connectivity index (χ3n) is 3.61. The van der Waals surface area contributed by atoms with Gasteiger partial charge >= 0.3 is 0 Å². The van der Waals surface area contributed by atoms with Crippen LogP contribution >= 0.6 is 39.9 Å². The number of aliphatic hydroxyl groups excluding tert-OH is 1. The summed E-state index contributed by atoms with van der Waals surface area (Å²) in [5.74, 6) is 0.804. The molecule has 2 aromatic rings. The molecular formula is C18H22BrCl2NO2. The van der Waals surface area contributed by atoms with Crippen LogP contribution in [-0.4, -0.2) is 17.8 Å². The molecule has 24 heavy (non-hydrogen) atoms. The Morgan fingerprint density at radius 1 is 1.17 bits per heavy atom. The Kier molecular flexibility index (Phi) is 9.71. The largest absolute Gasteiger partial charge is 0.488 e. The fourth-order valence-corrected chi connectivity index (χ4v) is 2.78. The second kappa shape index (κ2) is 11.0. The number of benzene rings is 2. The molecule has 132 valence electrons. The van der Waals surface area contributed by atoms with E-state index in [0.29, 0.717) is 6.61 Å². The molecule has 0 amide bonds. The summed E-state index contributed by atoms with van der Waals surface area (Å²) in [5.41, 5.74) is 2.21. The molecule has 0 saturated heterocycles. The number of hydrogen-bond donors (Lipinski definition) is 2. The number of rotatable bonds is 8. The highest BCUT2D eigenvalue weighted by atomic mass is 79.9. The van der Waals surface area contributed by atoms with E-state index in [4.69, 9.17) is 16.3 Å². The van der Waals surface area contributed by atoms with E-state index in [2.05, 4.69) is 28.2 Å². The maximum Gasteiger partial charge on any atom is 0.134 e. The Balaban J connectivity index is 0.00000288. The molecular weight excluding hydrogens is 413 g/mol. The van der Waals surface area contributed by atoms with E-state index < -0.39 is 0 Å². The number of halogens is 3. The van der Waals surface area contributed by atoms with Crippen molar-refractivity contribution in [3.05, 3.63) is 63.1 Å². The zero-order chi connectivity index (χ0) is 16.7. The lowest BCUT2D eigenvalue weighted by Crippen LogP contribution is -2.31. The second-order valence-corrected chi connectivity index (χ2v) is 6.64. The number of nitrogens with one attached hydrogen (secondary N) is 1. The van der Waals surface area contributed by atoms with E-state index in [1.54, 1.807) is 0 Å². The minimum Gasteiger partial charge on any atom is -0.488 e. The van der Waals surface area contributed by atoms with Crippen LogP contribution in [0.25, 0.3) is 0 Å². The molecule has 1 atom stereocenters. The summed E-state index contributed by atoms with van der Waals surface area (Å²) in [7, 11) is 0. The first-order chi connectivity index (χ1) is 11.1. The van der Waals surface area contributed by atoms with Gasteiger partial charge in [0.05, 0.1) is 11.1 Å². The molecule has 0 aliphatic heterocycles. The SMILES string of the molecule is CCC(CO)NCc1ccc(OCc2ccc(Cl)cc2)c(Br)c1.Cl. The molecule has 1 unspecified atom stereocenters. The Bertz CT molecular complexity index is 619. The summed E-state index contributed by atoms with van der Waals surface area (Å²) >= 11 is 9.42. The van der Waals surface area contributed by atoms with Gasteiger partial charge in [0.2, 0.25) is 0 Å². The van der Waals surface area contributed by atoms with Crippen LogP contribution in [0.4, 0.5) is 0 Å². The number of hydrogen-bond acceptors (Lipinski definition) is 3. The highest BCUT2D eigenvalue weighted by Crippen LogP contribution is 2.27. The standard InChI is InChI=1S/C18H21BrClNO2.ClH/c1-2-16(11-22)21-10-14-5-8-18(17(19)9-14)23-12-13-3-6-15(20)7-4-13;/h3-9,16,21-22H,2,10-12H2,1H3;1H. The van der Waals surface area contributed by atoms with Crippen molar-refractivity contribution in [3.63, 3.8) is 0 Å². The van der Waals surface area contributed by atoms with Crippen molar-refractivity contribution in [1.82, 2.24) is 5.32 Å². The highest BCUT2D eigenvalue weighted by molar-refractivity contribution is 9.10. The normalized spacial score (nSPS) is 11.7. The molecule has 0 aliphatic carbocycles. The van der Waals surface area contributed by atoms with Crippen LogP contribution in [0.5, 0.6) is 5.75 Å². The summed E-state index contributed by atoms with van der Waals surface area (Å²) in [5, 5.41) is 13.2. The first kappa shape index (κ1) is 21.3. The van der Waals surface area contributed by atoms with Crippen LogP contribution in [0.1, 0.15) is 24.5 Å². The predicted octanol–water partition coefficient (Wildman–Crippen LogP) is 4.96. The van der Waals surface area contributed by atoms with Gasteiger partial charge in [0.25, 0.3) is 0 Å². The van der Waals surface area contributed by atoms with E-state index in [-0.39, 0.29) is 25.1 Å². The monoisotopic (exact) mass is 433 g/mol. The third-order valence-corrected chi connectivity index (χ3v) is 4.48. The zero-order valence-electron chi connectivity index (χ0n) is 13.5. The maximum absolute atomic E-state index is 9.20. The summed E-state index contributed by atoms with van der Waals surface area (Å²) in [6, 6.07) is 13.8. The van der Waals surface area contributed by atoms with Crippen molar-refractivity contribution in [2.75, 3.05) is 6.61 Å². The number of aliphatic hydroxyl groups is 1. The lowest BCUT2D eigenvalue weighted by Gasteiger charge is -2.15. The molecule has 6 heteroatoms. The average molecular weight is 435 g/mol. The quantitative estimate of drug-likeness (QED) is 0.616. The van der Waals surface area contributed by atoms with E-state index in [1.165, 1.54) is 0 Å². The molecule has 2 N–H and O–H groups in total. The molecule has 0 aromatic heterocycles. The fourth-order valence-electron chi connectivity index (χ4n) is 2.11. The van der Waals surface area contributed by atoms with Gasteiger partial charge in [-0.15, -0.1) is 12.4 Å². The zero-order valence-corrected chi connectivity index (χ0v) is 16.6. The molecule has 2 aromatic carbocycles. The van der Waals surface area contributed by atoms with Crippen molar-refractivity contribution < 1.29 is 9.84 Å². The van der Waals surface area contributed by atoms with Crippen LogP contribution < -0.4 is 10.1 Å². The van der Waals surface area contributed by atoms with E-state index in [1.807, 2.05) is 42.5 Å². The van der Waals surface area contributed by atoms with Gasteiger partial charge in [-0.05, 0) is 57.7 Å². The Morgan fingerprint density at radius 2 is 1.83 bits per heavy atom. The fraction of sp³-hybridized carbons (Fsp3) is 0.333. The van der Waals surface area contributed by atoms with Crippen molar-refractivity contribution in [2.24, 2.45) is 0 Å². The molecule has 0 fully saturated rings. The molecule has 3 nitrogen and oxygen atoms in total. The van der Waals surface area contributed by atoms with Gasteiger partial charge in [-0.25, -0.2) is 0 Å². The van der Waals surface area contributed by atoms with Crippen LogP contribution in [0.15, 0.2) is 46.9 Å². The van der Waals surface area contributed by atoms with Gasteiger partial charge in [0.1, 0.15) is 12.4 Å². The third kappa shape index (κ3) is 6.61. The summed E-state index contributed by atoms with van der Waals surface area (Å²) < 4.78 is 6.75. The Morgan fingerprint density at radius 3 is 2.42 bits per heavy atom. The molecule has 2 rings (SSSR count). The highest BCUT2D eigenvalue weighted by Gasteiger charge is 2.06. The predicted molar refractivity (Wildman–Crippen MR) is 105 cm³/mol. The van der Waals surface area contributed by atoms with Crippen molar-refractivity contribution in [2.45, 2.75) is 32.5 Å². The van der Waals surface area contributed by atoms with Crippen LogP contribution in [0, 0.1) is 0 Å². The number of ether oxygens (including phenoxy) is 1. The molecule has 0 bridgehead atoms. The molecule has 0 spiro atoms. The van der Waals surface area contributed by atoms with Crippen LogP contribution in [0.2, 0.25) is 5.02 Å². The molecule has 0 saturated carbocycles. The van der Waals surface area contributed by atoms with E-state index in [0.717, 1.165) is 39.3 Å². The maximum atomic E-state index is 9.20. The minimum atomic E-state index is 0. The topological polar surface area (TPSA) is 41.5 Å². The average Bonchev–Trinajstić information content (AvgIpc) is 2.56. The van der Waals surface area contributed by atoms with Crippen LogP contribution in [-0.2, 0) is 13.2 Å². The first-order valence-corrected chi connectivity index (χ1v) is 8.79. The second-order valence-electron chi connectivity index (χ2n) is 5.35. The Hall–Kier alpha value is -0.780. The molecule has 0 radical (unpaired) electrons. The van der Waals surface area contributed by atoms with E-state index in [9.17, 15) is 5.11 Å². The summed E-state index contributed by atoms with van der Waals surface area (Å²) in [4.78, 5) is 0. The van der Waals surface area contributed by atoms with Gasteiger partial charge in [0.15, 0.2) is 0 Å². The van der Waals surface area contributed by atoms with Crippen molar-refractivity contribution >= 4 is 39.9 Å². The van der Waals surface area contributed by atoms with Gasteiger partial charge in [-0.1, -0.05) is 36.7 Å². The molecule has 0 heterocycles. The van der Waals surface area contributed by atoms with Gasteiger partial charge in [-0.3, -0.25) is 0 Å². The smallest absolute Gasteiger partial charge is 0.134 e. The van der Waals surface area contributed by atoms with Gasteiger partial charge in [0, 0.05) is 17.6 Å². The van der Waals surface area contributed by atoms with E-state index >= 15 is 0 Å². The first-order valence-electron chi connectivity index (χ1n) is 7.62. The lowest BCUT2D eigenvalue weighted by molar-refractivity contribution is 0.238. The summed E-state index contributed by atoms with van der Waals surface area (Å²) in [6.45, 7) is 3.42. The van der Waals surface area contributed by atoms with Gasteiger partial charge in [-0.2, -0.15) is 0 Å². The lowest BCUT2D eigenvalue weighted by atomic mass is 10.2. The minimum absolute atomic E-state index is 0. The summed E-state index contributed by atoms with van der Waals surface area (Å²) in [6.07, 6.45) is 0.903. The Labute approximate surface area is 162 Å².